The molecule has 0 amide bonds. The molecule has 158 valence electrons. The minimum atomic E-state index is -1.45. The number of hydrogen-bond donors (Lipinski definition) is 1. The van der Waals surface area contributed by atoms with Crippen LogP contribution in [0.2, 0.25) is 0 Å². The van der Waals surface area contributed by atoms with Gasteiger partial charge in [-0.1, -0.05) is 25.1 Å². The fraction of sp³-hybridized carbons (Fsp3) is 0.320. The van der Waals surface area contributed by atoms with Crippen LogP contribution in [0.15, 0.2) is 41.4 Å². The molecule has 0 saturated heterocycles. The highest BCUT2D eigenvalue weighted by atomic mass is 16.5. The van der Waals surface area contributed by atoms with E-state index in [1.165, 1.54) is 7.11 Å². The van der Waals surface area contributed by atoms with Gasteiger partial charge in [0, 0.05) is 45.5 Å². The maximum absolute atomic E-state index is 12.3. The van der Waals surface area contributed by atoms with Crippen molar-refractivity contribution in [2.24, 2.45) is 10.9 Å². The van der Waals surface area contributed by atoms with Gasteiger partial charge in [-0.15, -0.1) is 0 Å². The van der Waals surface area contributed by atoms with Crippen LogP contribution in [-0.4, -0.2) is 36.0 Å². The van der Waals surface area contributed by atoms with Gasteiger partial charge in [-0.05, 0) is 37.5 Å². The number of aliphatic hydroxyl groups excluding tert-OH is 1. The standard InChI is InChI=1S/C25H24N2O4/c1-13-12-26-23-17(8-9-19-22(23)15(13)10-11-31-19)21-16-6-4-5-7-18(16)27-14(2)20(21)24(28)25(29)30-3/h4-9,12-13,15,24,28H,10-11H2,1-3H3/t13?,15?,24-/m0/s1. The summed E-state index contributed by atoms with van der Waals surface area (Å²) in [6.07, 6.45) is 1.49. The Hall–Kier alpha value is -3.25. The normalized spacial score (nSPS) is 20.1. The zero-order chi connectivity index (χ0) is 21.7. The predicted molar refractivity (Wildman–Crippen MR) is 119 cm³/mol. The van der Waals surface area contributed by atoms with E-state index in [0.717, 1.165) is 45.5 Å². The summed E-state index contributed by atoms with van der Waals surface area (Å²) in [5.41, 5.74) is 5.39. The van der Waals surface area contributed by atoms with Crippen molar-refractivity contribution < 1.29 is 19.4 Å². The summed E-state index contributed by atoms with van der Waals surface area (Å²) in [6, 6.07) is 11.7. The Bertz CT molecular complexity index is 1230. The van der Waals surface area contributed by atoms with Crippen LogP contribution in [0.5, 0.6) is 5.75 Å². The van der Waals surface area contributed by atoms with E-state index in [1.54, 1.807) is 6.92 Å². The third-order valence-corrected chi connectivity index (χ3v) is 6.40. The van der Waals surface area contributed by atoms with Gasteiger partial charge in [0.2, 0.25) is 0 Å². The molecule has 1 aromatic heterocycles. The number of hydrogen-bond acceptors (Lipinski definition) is 6. The summed E-state index contributed by atoms with van der Waals surface area (Å²) in [5.74, 6) is 0.802. The van der Waals surface area contributed by atoms with Crippen molar-refractivity contribution in [1.29, 1.82) is 0 Å². The predicted octanol–water partition coefficient (Wildman–Crippen LogP) is 4.63. The van der Waals surface area contributed by atoms with Gasteiger partial charge in [-0.25, -0.2) is 4.79 Å². The van der Waals surface area contributed by atoms with Gasteiger partial charge in [0.05, 0.1) is 24.9 Å². The van der Waals surface area contributed by atoms with Crippen molar-refractivity contribution in [2.75, 3.05) is 13.7 Å². The second kappa shape index (κ2) is 7.46. The lowest BCUT2D eigenvalue weighted by molar-refractivity contribution is -0.150. The van der Waals surface area contributed by atoms with Gasteiger partial charge < -0.3 is 14.6 Å². The van der Waals surface area contributed by atoms with E-state index in [1.807, 2.05) is 42.6 Å². The van der Waals surface area contributed by atoms with Crippen LogP contribution in [0.25, 0.3) is 22.0 Å². The van der Waals surface area contributed by atoms with Crippen molar-refractivity contribution in [3.05, 3.63) is 53.2 Å². The number of aromatic nitrogens is 1. The molecule has 0 aliphatic carbocycles. The molecule has 31 heavy (non-hydrogen) atoms. The summed E-state index contributed by atoms with van der Waals surface area (Å²) in [5, 5.41) is 11.8. The van der Waals surface area contributed by atoms with Crippen molar-refractivity contribution in [3.63, 3.8) is 0 Å². The van der Waals surface area contributed by atoms with Crippen molar-refractivity contribution in [2.45, 2.75) is 32.3 Å². The SMILES string of the molecule is COC(=O)[C@@H](O)c1c(C)nc2ccccc2c1-c1ccc2c3c1N=CC(C)C3CCO2. The van der Waals surface area contributed by atoms with Crippen molar-refractivity contribution >= 4 is 28.8 Å². The molecule has 3 aromatic rings. The summed E-state index contributed by atoms with van der Waals surface area (Å²) >= 11 is 0. The van der Waals surface area contributed by atoms with Gasteiger partial charge in [0.15, 0.2) is 6.10 Å². The smallest absolute Gasteiger partial charge is 0.339 e. The molecule has 0 spiro atoms. The van der Waals surface area contributed by atoms with E-state index in [-0.39, 0.29) is 0 Å². The van der Waals surface area contributed by atoms with E-state index in [4.69, 9.17) is 14.5 Å². The maximum atomic E-state index is 12.3. The number of rotatable bonds is 3. The zero-order valence-corrected chi connectivity index (χ0v) is 17.8. The zero-order valence-electron chi connectivity index (χ0n) is 17.8. The lowest BCUT2D eigenvalue weighted by Crippen LogP contribution is -2.23. The molecule has 1 N–H and O–H groups in total. The summed E-state index contributed by atoms with van der Waals surface area (Å²) in [6.45, 7) is 4.67. The van der Waals surface area contributed by atoms with Crippen LogP contribution >= 0.6 is 0 Å². The number of carbonyl (C=O) groups excluding carboxylic acids is 1. The van der Waals surface area contributed by atoms with E-state index >= 15 is 0 Å². The number of esters is 1. The molecule has 0 saturated carbocycles. The number of aliphatic imine (C=N–C) groups is 1. The number of pyridine rings is 1. The lowest BCUT2D eigenvalue weighted by atomic mass is 9.78. The van der Waals surface area contributed by atoms with E-state index in [0.29, 0.717) is 29.7 Å². The molecule has 2 unspecified atom stereocenters. The maximum Gasteiger partial charge on any atom is 0.339 e. The summed E-state index contributed by atoms with van der Waals surface area (Å²) in [7, 11) is 1.27. The van der Waals surface area contributed by atoms with Crippen LogP contribution in [0.4, 0.5) is 5.69 Å². The molecule has 6 nitrogen and oxygen atoms in total. The van der Waals surface area contributed by atoms with E-state index in [9.17, 15) is 9.90 Å². The minimum absolute atomic E-state index is 0.321. The first kappa shape index (κ1) is 19.7. The van der Waals surface area contributed by atoms with Crippen LogP contribution in [-0.2, 0) is 9.53 Å². The molecule has 2 aromatic carbocycles. The number of ether oxygens (including phenoxy) is 2. The van der Waals surface area contributed by atoms with E-state index < -0.39 is 12.1 Å². The number of methoxy groups -OCH3 is 1. The molecule has 0 bridgehead atoms. The first-order valence-corrected chi connectivity index (χ1v) is 10.5. The topological polar surface area (TPSA) is 81.0 Å². The third kappa shape index (κ3) is 3.01. The average molecular weight is 416 g/mol. The Labute approximate surface area is 180 Å². The quantitative estimate of drug-likeness (QED) is 0.630. The largest absolute Gasteiger partial charge is 0.493 e. The minimum Gasteiger partial charge on any atom is -0.493 e. The molecule has 2 aliphatic heterocycles. The van der Waals surface area contributed by atoms with Gasteiger partial charge in [0.1, 0.15) is 5.75 Å². The first-order valence-electron chi connectivity index (χ1n) is 10.5. The highest BCUT2D eigenvalue weighted by Crippen LogP contribution is 2.52. The molecule has 2 aliphatic rings. The molecule has 0 radical (unpaired) electrons. The first-order chi connectivity index (χ1) is 15.0. The lowest BCUT2D eigenvalue weighted by Gasteiger charge is -2.34. The molecule has 6 heteroatoms. The van der Waals surface area contributed by atoms with Crippen LogP contribution < -0.4 is 4.74 Å². The van der Waals surface area contributed by atoms with Crippen molar-refractivity contribution in [1.82, 2.24) is 4.98 Å². The molecule has 3 heterocycles. The second-order valence-corrected chi connectivity index (χ2v) is 8.18. The van der Waals surface area contributed by atoms with E-state index in [2.05, 4.69) is 11.9 Å². The van der Waals surface area contributed by atoms with Gasteiger partial charge in [0.25, 0.3) is 0 Å². The monoisotopic (exact) mass is 416 g/mol. The highest BCUT2D eigenvalue weighted by Gasteiger charge is 2.34. The Morgan fingerprint density at radius 3 is 2.87 bits per heavy atom. The molecular weight excluding hydrogens is 392 g/mol. The second-order valence-electron chi connectivity index (χ2n) is 8.18. The van der Waals surface area contributed by atoms with Gasteiger partial charge >= 0.3 is 5.97 Å². The van der Waals surface area contributed by atoms with Crippen LogP contribution in [0, 0.1) is 12.8 Å². The number of fused-ring (bicyclic) bond motifs is 1. The molecular formula is C25H24N2O4. The average Bonchev–Trinajstić information content (AvgIpc) is 2.79. The fourth-order valence-electron chi connectivity index (χ4n) is 4.88. The number of para-hydroxylation sites is 1. The molecule has 3 atom stereocenters. The van der Waals surface area contributed by atoms with Crippen LogP contribution in [0.1, 0.15) is 42.2 Å². The van der Waals surface area contributed by atoms with Crippen molar-refractivity contribution in [3.8, 4) is 16.9 Å². The fourth-order valence-corrected chi connectivity index (χ4v) is 4.88. The Morgan fingerprint density at radius 1 is 1.26 bits per heavy atom. The number of nitrogens with zero attached hydrogens (tertiary/aromatic N) is 2. The third-order valence-electron chi connectivity index (χ3n) is 6.40. The summed E-state index contributed by atoms with van der Waals surface area (Å²) in [4.78, 5) is 21.8. The number of carbonyl (C=O) groups is 1. The van der Waals surface area contributed by atoms with Gasteiger partial charge in [-0.2, -0.15) is 0 Å². The van der Waals surface area contributed by atoms with Gasteiger partial charge in [-0.3, -0.25) is 9.98 Å². The number of aryl methyl sites for hydroxylation is 1. The molecule has 0 fully saturated rings. The molecule has 5 rings (SSSR count). The van der Waals surface area contributed by atoms with Crippen LogP contribution in [0.3, 0.4) is 0 Å². The summed E-state index contributed by atoms with van der Waals surface area (Å²) < 4.78 is 10.8. The number of benzene rings is 2. The number of aliphatic hydroxyl groups is 1. The highest BCUT2D eigenvalue weighted by molar-refractivity contribution is 6.02. The Morgan fingerprint density at radius 2 is 2.06 bits per heavy atom. The Balaban J connectivity index is 1.87. The Kier molecular flexibility index (Phi) is 4.74.